The molecule has 118 valence electrons. The molecule has 0 fully saturated rings. The molecule has 1 aliphatic heterocycles. The first kappa shape index (κ1) is 15.6. The van der Waals surface area contributed by atoms with Gasteiger partial charge in [0.15, 0.2) is 0 Å². The molecule has 0 radical (unpaired) electrons. The van der Waals surface area contributed by atoms with Gasteiger partial charge in [-0.3, -0.25) is 9.59 Å². The molecule has 1 aliphatic rings. The molecule has 2 aromatic rings. The van der Waals surface area contributed by atoms with E-state index < -0.39 is 0 Å². The van der Waals surface area contributed by atoms with E-state index in [4.69, 9.17) is 4.74 Å². The second-order valence-corrected chi connectivity index (χ2v) is 6.41. The Balaban J connectivity index is 1.56. The number of carbonyl (C=O) groups is 2. The van der Waals surface area contributed by atoms with Crippen LogP contribution in [0.25, 0.3) is 0 Å². The van der Waals surface area contributed by atoms with Crippen LogP contribution >= 0.6 is 11.8 Å². The largest absolute Gasteiger partial charge is 0.461 e. The number of carbonyl (C=O) groups excluding carboxylic acids is 2. The van der Waals surface area contributed by atoms with E-state index in [1.54, 1.807) is 11.8 Å². The maximum Gasteiger partial charge on any atom is 0.306 e. The van der Waals surface area contributed by atoms with Crippen molar-refractivity contribution in [2.24, 2.45) is 5.92 Å². The summed E-state index contributed by atoms with van der Waals surface area (Å²) >= 11 is 1.59. The second-order valence-electron chi connectivity index (χ2n) is 5.34. The van der Waals surface area contributed by atoms with Crippen LogP contribution in [-0.2, 0) is 20.9 Å². The summed E-state index contributed by atoms with van der Waals surface area (Å²) in [5, 5.41) is 2.88. The van der Waals surface area contributed by atoms with Crippen molar-refractivity contribution >= 4 is 29.3 Å². The molecular formula is C18H17NO3S. The van der Waals surface area contributed by atoms with Gasteiger partial charge in [-0.15, -0.1) is 11.8 Å². The monoisotopic (exact) mass is 327 g/mol. The molecular weight excluding hydrogens is 310 g/mol. The normalized spacial score (nSPS) is 16.9. The van der Waals surface area contributed by atoms with Crippen LogP contribution in [0, 0.1) is 5.92 Å². The van der Waals surface area contributed by atoms with Gasteiger partial charge in [-0.2, -0.15) is 0 Å². The molecule has 0 spiro atoms. The number of fused-ring (bicyclic) bond motifs is 1. The average Bonchev–Trinajstić information content (AvgIpc) is 2.73. The molecule has 0 aliphatic carbocycles. The van der Waals surface area contributed by atoms with Crippen LogP contribution in [-0.4, -0.2) is 17.6 Å². The van der Waals surface area contributed by atoms with Gasteiger partial charge in [0.1, 0.15) is 6.61 Å². The van der Waals surface area contributed by atoms with Gasteiger partial charge in [-0.1, -0.05) is 42.5 Å². The van der Waals surface area contributed by atoms with E-state index in [1.807, 2.05) is 54.6 Å². The maximum absolute atomic E-state index is 12.3. The highest BCUT2D eigenvalue weighted by molar-refractivity contribution is 7.99. The number of esters is 1. The Labute approximate surface area is 139 Å². The fraction of sp³-hybridized carbons (Fsp3) is 0.222. The zero-order valence-electron chi connectivity index (χ0n) is 12.5. The van der Waals surface area contributed by atoms with Gasteiger partial charge in [-0.05, 0) is 17.7 Å². The summed E-state index contributed by atoms with van der Waals surface area (Å²) in [6, 6.07) is 17.2. The fourth-order valence-corrected chi connectivity index (χ4v) is 3.45. The van der Waals surface area contributed by atoms with Crippen LogP contribution in [0.2, 0.25) is 0 Å². The van der Waals surface area contributed by atoms with Crippen molar-refractivity contribution in [2.45, 2.75) is 17.9 Å². The Bertz CT molecular complexity index is 702. The first-order chi connectivity index (χ1) is 11.2. The number of thioether (sulfide) groups is 1. The van der Waals surface area contributed by atoms with Gasteiger partial charge in [0.05, 0.1) is 18.0 Å². The molecule has 1 atom stereocenters. The van der Waals surface area contributed by atoms with E-state index in [1.165, 1.54) is 0 Å². The first-order valence-corrected chi connectivity index (χ1v) is 8.43. The molecule has 1 N–H and O–H groups in total. The van der Waals surface area contributed by atoms with Crippen molar-refractivity contribution in [3.8, 4) is 0 Å². The highest BCUT2D eigenvalue weighted by Gasteiger charge is 2.26. The molecule has 0 aromatic heterocycles. The van der Waals surface area contributed by atoms with E-state index in [9.17, 15) is 9.59 Å². The highest BCUT2D eigenvalue weighted by Crippen LogP contribution is 2.33. The molecule has 2 aromatic carbocycles. The topological polar surface area (TPSA) is 55.4 Å². The molecule has 5 heteroatoms. The van der Waals surface area contributed by atoms with Crippen molar-refractivity contribution in [3.63, 3.8) is 0 Å². The average molecular weight is 327 g/mol. The van der Waals surface area contributed by atoms with Gasteiger partial charge >= 0.3 is 5.97 Å². The third-order valence-corrected chi connectivity index (χ3v) is 4.85. The lowest BCUT2D eigenvalue weighted by Crippen LogP contribution is -2.26. The molecule has 4 nitrogen and oxygen atoms in total. The summed E-state index contributed by atoms with van der Waals surface area (Å²) in [4.78, 5) is 25.3. The molecule has 0 saturated heterocycles. The number of amides is 1. The third kappa shape index (κ3) is 4.13. The Morgan fingerprint density at radius 1 is 1.13 bits per heavy atom. The van der Waals surface area contributed by atoms with Crippen LogP contribution < -0.4 is 5.32 Å². The van der Waals surface area contributed by atoms with Crippen molar-refractivity contribution < 1.29 is 14.3 Å². The van der Waals surface area contributed by atoms with Gasteiger partial charge in [0, 0.05) is 10.6 Å². The summed E-state index contributed by atoms with van der Waals surface area (Å²) in [5.74, 6) is -0.279. The number of nitrogens with one attached hydrogen (secondary N) is 1. The number of anilines is 1. The SMILES string of the molecule is O=C(C[C@@H]1CSc2ccccc2NC1=O)OCc1ccccc1. The second kappa shape index (κ2) is 7.33. The predicted octanol–water partition coefficient (Wildman–Crippen LogP) is 3.48. The summed E-state index contributed by atoms with van der Waals surface area (Å²) < 4.78 is 5.27. The van der Waals surface area contributed by atoms with Crippen molar-refractivity contribution in [2.75, 3.05) is 11.1 Å². The highest BCUT2D eigenvalue weighted by atomic mass is 32.2. The minimum atomic E-state index is -0.379. The number of ether oxygens (including phenoxy) is 1. The maximum atomic E-state index is 12.3. The van der Waals surface area contributed by atoms with Crippen LogP contribution in [0.3, 0.4) is 0 Å². The van der Waals surface area contributed by atoms with Gasteiger partial charge in [-0.25, -0.2) is 0 Å². The van der Waals surface area contributed by atoms with Crippen LogP contribution in [0.1, 0.15) is 12.0 Å². The predicted molar refractivity (Wildman–Crippen MR) is 90.1 cm³/mol. The lowest BCUT2D eigenvalue weighted by atomic mass is 10.1. The Kier molecular flexibility index (Phi) is 4.98. The summed E-state index contributed by atoms with van der Waals surface area (Å²) in [5.41, 5.74) is 1.75. The van der Waals surface area contributed by atoms with Crippen LogP contribution in [0.4, 0.5) is 5.69 Å². The Morgan fingerprint density at radius 3 is 2.70 bits per heavy atom. The van der Waals surface area contributed by atoms with E-state index in [-0.39, 0.29) is 30.8 Å². The molecule has 23 heavy (non-hydrogen) atoms. The molecule has 1 heterocycles. The molecule has 3 rings (SSSR count). The van der Waals surface area contributed by atoms with Crippen molar-refractivity contribution in [1.29, 1.82) is 0 Å². The van der Waals surface area contributed by atoms with Crippen LogP contribution in [0.5, 0.6) is 0 Å². The summed E-state index contributed by atoms with van der Waals surface area (Å²) in [6.45, 7) is 0.237. The Hall–Kier alpha value is -2.27. The number of hydrogen-bond donors (Lipinski definition) is 1. The van der Waals surface area contributed by atoms with E-state index >= 15 is 0 Å². The third-order valence-electron chi connectivity index (χ3n) is 3.61. The molecule has 0 bridgehead atoms. The molecule has 0 unspecified atom stereocenters. The summed E-state index contributed by atoms with van der Waals surface area (Å²) in [7, 11) is 0. The quantitative estimate of drug-likeness (QED) is 0.874. The summed E-state index contributed by atoms with van der Waals surface area (Å²) in [6.07, 6.45) is 0.0969. The van der Waals surface area contributed by atoms with Gasteiger partial charge < -0.3 is 10.1 Å². The number of benzene rings is 2. The van der Waals surface area contributed by atoms with Gasteiger partial charge in [0.2, 0.25) is 5.91 Å². The standard InChI is InChI=1S/C18H17NO3S/c20-17(22-11-13-6-2-1-3-7-13)10-14-12-23-16-9-5-4-8-15(16)19-18(14)21/h1-9,14H,10-12H2,(H,19,21)/t14-/m1/s1. The lowest BCUT2D eigenvalue weighted by Gasteiger charge is -2.12. The van der Waals surface area contributed by atoms with E-state index in [0.29, 0.717) is 5.75 Å². The first-order valence-electron chi connectivity index (χ1n) is 7.44. The smallest absolute Gasteiger partial charge is 0.306 e. The molecule has 1 amide bonds. The number of para-hydroxylation sites is 1. The lowest BCUT2D eigenvalue weighted by molar-refractivity contribution is -0.147. The zero-order valence-corrected chi connectivity index (χ0v) is 13.3. The van der Waals surface area contributed by atoms with E-state index in [0.717, 1.165) is 16.1 Å². The van der Waals surface area contributed by atoms with Crippen molar-refractivity contribution in [3.05, 3.63) is 60.2 Å². The van der Waals surface area contributed by atoms with Gasteiger partial charge in [0.25, 0.3) is 0 Å². The fourth-order valence-electron chi connectivity index (χ4n) is 2.35. The van der Waals surface area contributed by atoms with Crippen LogP contribution in [0.15, 0.2) is 59.5 Å². The van der Waals surface area contributed by atoms with Crippen molar-refractivity contribution in [1.82, 2.24) is 0 Å². The molecule has 0 saturated carbocycles. The minimum absolute atomic E-state index is 0.0969. The number of rotatable bonds is 4. The minimum Gasteiger partial charge on any atom is -0.461 e. The Morgan fingerprint density at radius 2 is 1.87 bits per heavy atom. The van der Waals surface area contributed by atoms with E-state index in [2.05, 4.69) is 5.32 Å². The zero-order chi connectivity index (χ0) is 16.1. The number of hydrogen-bond acceptors (Lipinski definition) is 4.